The Morgan fingerprint density at radius 3 is 2.63 bits per heavy atom. The minimum atomic E-state index is -0.919. The third-order valence-electron chi connectivity index (χ3n) is 5.62. The lowest BCUT2D eigenvalue weighted by atomic mass is 9.96. The summed E-state index contributed by atoms with van der Waals surface area (Å²) in [5.74, 6) is -0.793. The number of urea groups is 1. The monoisotopic (exact) mass is 370 g/mol. The van der Waals surface area contributed by atoms with Crippen LogP contribution in [0.2, 0.25) is 0 Å². The lowest BCUT2D eigenvalue weighted by Gasteiger charge is -2.29. The zero-order valence-electron chi connectivity index (χ0n) is 15.3. The molecule has 1 saturated carbocycles. The van der Waals surface area contributed by atoms with Crippen LogP contribution in [0.4, 0.5) is 16.2 Å². The van der Waals surface area contributed by atoms with E-state index in [0.29, 0.717) is 11.4 Å². The molecule has 1 aliphatic carbocycles. The molecule has 0 bridgehead atoms. The van der Waals surface area contributed by atoms with Crippen LogP contribution in [0.5, 0.6) is 0 Å². The van der Waals surface area contributed by atoms with Gasteiger partial charge >= 0.3 is 6.03 Å². The summed E-state index contributed by atoms with van der Waals surface area (Å²) in [7, 11) is 0. The molecule has 0 unspecified atom stereocenters. The van der Waals surface area contributed by atoms with Crippen molar-refractivity contribution in [2.24, 2.45) is 5.92 Å². The van der Waals surface area contributed by atoms with Gasteiger partial charge in [-0.3, -0.25) is 19.3 Å². The van der Waals surface area contributed by atoms with E-state index < -0.39 is 23.5 Å². The van der Waals surface area contributed by atoms with Crippen LogP contribution in [-0.4, -0.2) is 46.8 Å². The first-order valence-electron chi connectivity index (χ1n) is 9.16. The maximum absolute atomic E-state index is 13.1. The van der Waals surface area contributed by atoms with Crippen LogP contribution >= 0.6 is 0 Å². The minimum absolute atomic E-state index is 0.133. The Morgan fingerprint density at radius 1 is 1.22 bits per heavy atom. The molecule has 3 aliphatic rings. The number of carbonyl (C=O) groups excluding carboxylic acids is 4. The normalized spacial score (nSPS) is 27.8. The molecular formula is C19H22N4O4. The first kappa shape index (κ1) is 17.5. The average molecular weight is 370 g/mol. The molecule has 2 N–H and O–H groups in total. The van der Waals surface area contributed by atoms with E-state index in [9.17, 15) is 19.2 Å². The summed E-state index contributed by atoms with van der Waals surface area (Å²) < 4.78 is 0. The highest BCUT2D eigenvalue weighted by molar-refractivity contribution is 6.12. The molecule has 1 aromatic rings. The molecule has 2 fully saturated rings. The molecule has 142 valence electrons. The van der Waals surface area contributed by atoms with Crippen molar-refractivity contribution in [2.45, 2.75) is 44.7 Å². The number of anilines is 2. The zero-order chi connectivity index (χ0) is 19.3. The molecule has 1 saturated heterocycles. The first-order valence-corrected chi connectivity index (χ1v) is 9.16. The fraction of sp³-hybridized carbons (Fsp3) is 0.474. The molecule has 5 amide bonds. The molecular weight excluding hydrogens is 348 g/mol. The van der Waals surface area contributed by atoms with Gasteiger partial charge in [-0.2, -0.15) is 0 Å². The topological polar surface area (TPSA) is 98.8 Å². The van der Waals surface area contributed by atoms with Gasteiger partial charge in [-0.25, -0.2) is 4.79 Å². The lowest BCUT2D eigenvalue weighted by Crippen LogP contribution is -2.48. The maximum atomic E-state index is 13.1. The first-order chi connectivity index (χ1) is 12.8. The summed E-state index contributed by atoms with van der Waals surface area (Å²) >= 11 is 0. The van der Waals surface area contributed by atoms with Crippen molar-refractivity contribution in [2.75, 3.05) is 16.8 Å². The van der Waals surface area contributed by atoms with E-state index in [4.69, 9.17) is 0 Å². The third-order valence-corrected chi connectivity index (χ3v) is 5.62. The summed E-state index contributed by atoms with van der Waals surface area (Å²) in [5, 5.41) is 5.54. The summed E-state index contributed by atoms with van der Waals surface area (Å²) in [6, 6.07) is 6.10. The number of fused-ring (bicyclic) bond motifs is 1. The SMILES string of the molecule is C[C@@H]1CC(=O)Nc2ccccc2N1C(=O)CN1C(=O)N[C@](C)(C2CC2)C1=O. The van der Waals surface area contributed by atoms with Gasteiger partial charge in [0.1, 0.15) is 12.1 Å². The second-order valence-corrected chi connectivity index (χ2v) is 7.68. The van der Waals surface area contributed by atoms with Gasteiger partial charge in [0, 0.05) is 12.5 Å². The number of para-hydroxylation sites is 2. The number of hydrogen-bond acceptors (Lipinski definition) is 4. The number of benzene rings is 1. The molecule has 0 aromatic heterocycles. The van der Waals surface area contributed by atoms with Gasteiger partial charge in [0.2, 0.25) is 11.8 Å². The van der Waals surface area contributed by atoms with Gasteiger partial charge in [0.15, 0.2) is 0 Å². The van der Waals surface area contributed by atoms with Crippen molar-refractivity contribution >= 4 is 35.1 Å². The van der Waals surface area contributed by atoms with Crippen molar-refractivity contribution in [3.63, 3.8) is 0 Å². The molecule has 8 nitrogen and oxygen atoms in total. The molecule has 0 spiro atoms. The molecule has 2 heterocycles. The number of rotatable bonds is 3. The fourth-order valence-electron chi connectivity index (χ4n) is 3.98. The lowest BCUT2D eigenvalue weighted by molar-refractivity contribution is -0.134. The van der Waals surface area contributed by atoms with Gasteiger partial charge in [-0.1, -0.05) is 12.1 Å². The van der Waals surface area contributed by atoms with E-state index >= 15 is 0 Å². The number of nitrogens with zero attached hydrogens (tertiary/aromatic N) is 2. The summed E-state index contributed by atoms with van der Waals surface area (Å²) in [5.41, 5.74) is 0.190. The highest BCUT2D eigenvalue weighted by Gasteiger charge is 2.56. The average Bonchev–Trinajstić information content (AvgIpc) is 3.43. The second kappa shape index (κ2) is 6.07. The summed E-state index contributed by atoms with van der Waals surface area (Å²) in [4.78, 5) is 52.8. The predicted octanol–water partition coefficient (Wildman–Crippen LogP) is 1.47. The predicted molar refractivity (Wildman–Crippen MR) is 98.0 cm³/mol. The number of amides is 5. The van der Waals surface area contributed by atoms with Crippen molar-refractivity contribution in [1.82, 2.24) is 10.2 Å². The van der Waals surface area contributed by atoms with Gasteiger partial charge in [0.05, 0.1) is 11.4 Å². The molecule has 4 rings (SSSR count). The number of carbonyl (C=O) groups is 4. The Hall–Kier alpha value is -2.90. The van der Waals surface area contributed by atoms with E-state index in [1.165, 1.54) is 4.90 Å². The quantitative estimate of drug-likeness (QED) is 0.787. The van der Waals surface area contributed by atoms with Gasteiger partial charge in [-0.15, -0.1) is 0 Å². The number of imide groups is 1. The van der Waals surface area contributed by atoms with Crippen molar-refractivity contribution in [3.05, 3.63) is 24.3 Å². The molecule has 8 heteroatoms. The van der Waals surface area contributed by atoms with E-state index in [1.807, 2.05) is 0 Å². The number of hydrogen-bond donors (Lipinski definition) is 2. The standard InChI is InChI=1S/C19H22N4O4/c1-11-9-15(24)20-13-5-3-4-6-14(13)23(11)16(25)10-22-17(26)19(2,12-7-8-12)21-18(22)27/h3-6,11-12H,7-10H2,1-2H3,(H,20,24)(H,21,27)/t11-,19-/m1/s1. The molecule has 2 atom stereocenters. The Labute approximate surface area is 156 Å². The minimum Gasteiger partial charge on any atom is -0.324 e. The fourth-order valence-corrected chi connectivity index (χ4v) is 3.98. The maximum Gasteiger partial charge on any atom is 0.325 e. The Morgan fingerprint density at radius 2 is 1.93 bits per heavy atom. The molecule has 0 radical (unpaired) electrons. The van der Waals surface area contributed by atoms with Gasteiger partial charge < -0.3 is 15.5 Å². The van der Waals surface area contributed by atoms with E-state index in [0.717, 1.165) is 17.7 Å². The Bertz CT molecular complexity index is 850. The molecule has 27 heavy (non-hydrogen) atoms. The molecule has 2 aliphatic heterocycles. The number of nitrogens with one attached hydrogen (secondary N) is 2. The van der Waals surface area contributed by atoms with Crippen LogP contribution in [0.25, 0.3) is 0 Å². The van der Waals surface area contributed by atoms with Crippen molar-refractivity contribution in [1.29, 1.82) is 0 Å². The van der Waals surface area contributed by atoms with Gasteiger partial charge in [0.25, 0.3) is 5.91 Å². The van der Waals surface area contributed by atoms with Crippen LogP contribution in [0.15, 0.2) is 24.3 Å². The smallest absolute Gasteiger partial charge is 0.324 e. The summed E-state index contributed by atoms with van der Waals surface area (Å²) in [6.45, 7) is 3.15. The second-order valence-electron chi connectivity index (χ2n) is 7.68. The van der Waals surface area contributed by atoms with E-state index in [-0.39, 0.29) is 30.7 Å². The zero-order valence-corrected chi connectivity index (χ0v) is 15.3. The van der Waals surface area contributed by atoms with Crippen LogP contribution < -0.4 is 15.5 Å². The van der Waals surface area contributed by atoms with Crippen molar-refractivity contribution in [3.8, 4) is 0 Å². The Kier molecular flexibility index (Phi) is 3.94. The Balaban J connectivity index is 1.60. The van der Waals surface area contributed by atoms with Crippen LogP contribution in [0.1, 0.15) is 33.1 Å². The van der Waals surface area contributed by atoms with Crippen LogP contribution in [-0.2, 0) is 14.4 Å². The van der Waals surface area contributed by atoms with Crippen molar-refractivity contribution < 1.29 is 19.2 Å². The van der Waals surface area contributed by atoms with Gasteiger partial charge in [-0.05, 0) is 44.7 Å². The van der Waals surface area contributed by atoms with E-state index in [2.05, 4.69) is 10.6 Å². The third kappa shape index (κ3) is 2.85. The van der Waals surface area contributed by atoms with Crippen LogP contribution in [0.3, 0.4) is 0 Å². The van der Waals surface area contributed by atoms with E-state index in [1.54, 1.807) is 38.1 Å². The largest absolute Gasteiger partial charge is 0.325 e. The highest BCUT2D eigenvalue weighted by Crippen LogP contribution is 2.42. The molecule has 1 aromatic carbocycles. The van der Waals surface area contributed by atoms with Crippen LogP contribution in [0, 0.1) is 5.92 Å². The highest BCUT2D eigenvalue weighted by atomic mass is 16.2. The summed E-state index contributed by atoms with van der Waals surface area (Å²) in [6.07, 6.45) is 1.93.